The Kier molecular flexibility index (Phi) is 8.99. The number of rotatable bonds is 11. The first-order chi connectivity index (χ1) is 19.0. The van der Waals surface area contributed by atoms with Crippen molar-refractivity contribution in [3.8, 4) is 0 Å². The zero-order valence-corrected chi connectivity index (χ0v) is 24.0. The second-order valence-corrected chi connectivity index (χ2v) is 13.9. The number of H-pyrrole nitrogens is 1. The number of thiazole rings is 1. The molecule has 4 rings (SSSR count). The minimum absolute atomic E-state index is 0.00425. The fraction of sp³-hybridized carbons (Fsp3) is 0.438. The third kappa shape index (κ3) is 7.70. The van der Waals surface area contributed by atoms with Crippen LogP contribution in [0.4, 0.5) is 5.95 Å². The summed E-state index contributed by atoms with van der Waals surface area (Å²) < 4.78 is 59.4. The molecule has 0 aromatic carbocycles. The Labute approximate surface area is 231 Å². The molecule has 9 N–H and O–H groups in total. The monoisotopic (exact) mass is 661 g/mol. The van der Waals surface area contributed by atoms with Gasteiger partial charge in [0.15, 0.2) is 16.9 Å². The number of nitrogens with one attached hydrogen (secondary N) is 1. The molecular formula is C16H22N7O14P3S. The third-order valence-corrected chi connectivity index (χ3v) is 10.00. The lowest BCUT2D eigenvalue weighted by atomic mass is 10.2. The summed E-state index contributed by atoms with van der Waals surface area (Å²) in [5.41, 5.74) is 10.5. The molecule has 0 spiro atoms. The number of nitrogen functional groups attached to an aromatic ring is 1. The van der Waals surface area contributed by atoms with Gasteiger partial charge in [0, 0.05) is 13.0 Å². The van der Waals surface area contributed by atoms with Crippen LogP contribution in [0.25, 0.3) is 11.2 Å². The van der Waals surface area contributed by atoms with Crippen molar-refractivity contribution < 1.29 is 60.7 Å². The number of aromatic nitrogens is 5. The van der Waals surface area contributed by atoms with Crippen molar-refractivity contribution in [1.82, 2.24) is 24.5 Å². The minimum atomic E-state index is -5.78. The maximum absolute atomic E-state index is 12.9. The lowest BCUT2D eigenvalue weighted by Crippen LogP contribution is -2.31. The fourth-order valence-corrected chi connectivity index (χ4v) is 7.56. The highest BCUT2D eigenvalue weighted by Crippen LogP contribution is 2.66. The number of phosphoric acid groups is 3. The molecule has 0 bridgehead atoms. The van der Waals surface area contributed by atoms with Crippen molar-refractivity contribution in [3.05, 3.63) is 32.3 Å². The number of carbonyl (C=O) groups excluding carboxylic acids is 1. The maximum Gasteiger partial charge on any atom is 0.490 e. The number of aryl methyl sites for hydroxylation is 1. The van der Waals surface area contributed by atoms with Crippen LogP contribution in [-0.2, 0) is 42.9 Å². The Morgan fingerprint density at radius 3 is 2.59 bits per heavy atom. The van der Waals surface area contributed by atoms with E-state index in [2.05, 4.69) is 33.1 Å². The second-order valence-electron chi connectivity index (χ2n) is 8.18. The molecule has 3 aromatic heterocycles. The normalized spacial score (nSPS) is 22.4. The van der Waals surface area contributed by atoms with E-state index >= 15 is 0 Å². The largest absolute Gasteiger partial charge is 0.490 e. The van der Waals surface area contributed by atoms with Gasteiger partial charge in [-0.15, -0.1) is 11.3 Å². The van der Waals surface area contributed by atoms with Crippen LogP contribution < -0.4 is 17.0 Å². The SMILES string of the molecule is Cc1nc(C(=O)O[C@@H]2C[C@H](n3cnc4c(=O)[nH]c(N)nc43)OC2COP(=O)(O)OP(=O)(O)OP(=O)(O)O)c(CN)s1. The second kappa shape index (κ2) is 11.7. The van der Waals surface area contributed by atoms with Gasteiger partial charge in [-0.2, -0.15) is 13.6 Å². The summed E-state index contributed by atoms with van der Waals surface area (Å²) >= 11 is 1.16. The van der Waals surface area contributed by atoms with E-state index in [1.54, 1.807) is 6.92 Å². The number of carbonyl (C=O) groups is 1. The molecule has 0 amide bonds. The Bertz CT molecular complexity index is 1670. The quantitative estimate of drug-likeness (QED) is 0.103. The standard InChI is InChI=1S/C16H22N7O14P3S/c1-6-20-11(9(3-17)41-6)15(25)35-7-2-10(23-5-19-12-13(23)21-16(18)22-14(12)24)34-8(7)4-33-39(29,30)37-40(31,32)36-38(26,27)28/h5,7-8,10H,2-4,17H2,1H3,(H,29,30)(H,31,32)(H2,26,27,28)(H3,18,21,22,24)/t7-,8?,10-/m1/s1. The van der Waals surface area contributed by atoms with E-state index in [0.29, 0.717) is 9.88 Å². The lowest BCUT2D eigenvalue weighted by Gasteiger charge is -2.21. The lowest BCUT2D eigenvalue weighted by molar-refractivity contribution is -0.0491. The highest BCUT2D eigenvalue weighted by Gasteiger charge is 2.44. The number of anilines is 1. The highest BCUT2D eigenvalue weighted by molar-refractivity contribution is 7.66. The summed E-state index contributed by atoms with van der Waals surface area (Å²) in [6.07, 6.45) is -2.63. The van der Waals surface area contributed by atoms with Crippen molar-refractivity contribution in [2.75, 3.05) is 12.3 Å². The van der Waals surface area contributed by atoms with Crippen LogP contribution in [0.5, 0.6) is 0 Å². The molecule has 3 aromatic rings. The van der Waals surface area contributed by atoms with Crippen LogP contribution in [-0.4, -0.2) is 68.9 Å². The van der Waals surface area contributed by atoms with Gasteiger partial charge in [-0.25, -0.2) is 28.5 Å². The molecule has 0 aliphatic carbocycles. The molecule has 41 heavy (non-hydrogen) atoms. The molecule has 1 saturated heterocycles. The molecule has 1 aliphatic rings. The number of hydrogen-bond donors (Lipinski definition) is 7. The summed E-state index contributed by atoms with van der Waals surface area (Å²) in [4.78, 5) is 76.5. The van der Waals surface area contributed by atoms with Crippen molar-refractivity contribution in [3.63, 3.8) is 0 Å². The van der Waals surface area contributed by atoms with Crippen LogP contribution in [0.3, 0.4) is 0 Å². The third-order valence-electron chi connectivity index (χ3n) is 5.20. The summed E-state index contributed by atoms with van der Waals surface area (Å²) in [5.74, 6) is -1.15. The Hall–Kier alpha value is -2.42. The number of imidazole rings is 1. The van der Waals surface area contributed by atoms with E-state index in [4.69, 9.17) is 30.7 Å². The molecule has 3 unspecified atom stereocenters. The van der Waals surface area contributed by atoms with Gasteiger partial charge in [0.2, 0.25) is 5.95 Å². The number of nitrogens with two attached hydrogens (primary N) is 2. The predicted octanol–water partition coefficient (Wildman–Crippen LogP) is -0.218. The molecule has 1 aliphatic heterocycles. The van der Waals surface area contributed by atoms with Gasteiger partial charge in [-0.1, -0.05) is 0 Å². The number of fused-ring (bicyclic) bond motifs is 1. The molecule has 0 radical (unpaired) electrons. The van der Waals surface area contributed by atoms with E-state index < -0.39 is 60.0 Å². The summed E-state index contributed by atoms with van der Waals surface area (Å²) in [5, 5.41) is 0.529. The number of aromatic amines is 1. The van der Waals surface area contributed by atoms with E-state index in [-0.39, 0.29) is 35.8 Å². The maximum atomic E-state index is 12.9. The van der Waals surface area contributed by atoms with Crippen molar-refractivity contribution in [2.45, 2.75) is 38.3 Å². The molecule has 5 atom stereocenters. The summed E-state index contributed by atoms with van der Waals surface area (Å²) in [6, 6.07) is 0. The van der Waals surface area contributed by atoms with E-state index in [9.17, 15) is 33.1 Å². The topological polar surface area (TPSA) is 324 Å². The molecule has 25 heteroatoms. The number of esters is 1. The first-order valence-electron chi connectivity index (χ1n) is 11.0. The molecule has 0 saturated carbocycles. The van der Waals surface area contributed by atoms with Crippen molar-refractivity contribution in [1.29, 1.82) is 0 Å². The molecular weight excluding hydrogens is 639 g/mol. The Balaban J connectivity index is 1.58. The zero-order chi connectivity index (χ0) is 30.3. The van der Waals surface area contributed by atoms with Gasteiger partial charge >= 0.3 is 29.4 Å². The van der Waals surface area contributed by atoms with Gasteiger partial charge in [0.1, 0.15) is 18.4 Å². The smallest absolute Gasteiger partial charge is 0.455 e. The number of phosphoric ester groups is 1. The summed E-state index contributed by atoms with van der Waals surface area (Å²) in [6.45, 7) is 0.698. The van der Waals surface area contributed by atoms with Crippen LogP contribution in [0.2, 0.25) is 0 Å². The Morgan fingerprint density at radius 1 is 1.22 bits per heavy atom. The highest BCUT2D eigenvalue weighted by atomic mass is 32.1. The molecule has 4 heterocycles. The minimum Gasteiger partial charge on any atom is -0.455 e. The van der Waals surface area contributed by atoms with Gasteiger partial charge in [-0.05, 0) is 6.92 Å². The molecule has 1 fully saturated rings. The van der Waals surface area contributed by atoms with Gasteiger partial charge in [0.25, 0.3) is 5.56 Å². The van der Waals surface area contributed by atoms with E-state index in [1.807, 2.05) is 0 Å². The predicted molar refractivity (Wildman–Crippen MR) is 135 cm³/mol. The van der Waals surface area contributed by atoms with Crippen molar-refractivity contribution in [2.24, 2.45) is 5.73 Å². The zero-order valence-electron chi connectivity index (χ0n) is 20.5. The number of ether oxygens (including phenoxy) is 2. The summed E-state index contributed by atoms with van der Waals surface area (Å²) in [7, 11) is -16.9. The van der Waals surface area contributed by atoms with E-state index in [1.165, 1.54) is 10.9 Å². The first-order valence-corrected chi connectivity index (χ1v) is 16.3. The van der Waals surface area contributed by atoms with Crippen LogP contribution in [0.15, 0.2) is 11.1 Å². The van der Waals surface area contributed by atoms with Crippen LogP contribution in [0, 0.1) is 6.92 Å². The van der Waals surface area contributed by atoms with Crippen LogP contribution >= 0.6 is 34.8 Å². The molecule has 226 valence electrons. The van der Waals surface area contributed by atoms with Crippen LogP contribution in [0.1, 0.15) is 33.0 Å². The average molecular weight is 661 g/mol. The Morgan fingerprint density at radius 2 is 1.93 bits per heavy atom. The van der Waals surface area contributed by atoms with E-state index in [0.717, 1.165) is 11.3 Å². The van der Waals surface area contributed by atoms with Gasteiger partial charge in [0.05, 0.1) is 22.8 Å². The van der Waals surface area contributed by atoms with Gasteiger partial charge < -0.3 is 40.5 Å². The van der Waals surface area contributed by atoms with Gasteiger partial charge in [-0.3, -0.25) is 18.9 Å². The van der Waals surface area contributed by atoms with Crippen molar-refractivity contribution >= 4 is 57.9 Å². The number of hydrogen-bond acceptors (Lipinski definition) is 16. The average Bonchev–Trinajstić information content (AvgIpc) is 3.51. The molecule has 21 nitrogen and oxygen atoms in total. The first kappa shape index (κ1) is 31.5. The fourth-order valence-electron chi connectivity index (χ4n) is 3.73. The number of nitrogens with zero attached hydrogens (tertiary/aromatic N) is 4.